The number of rotatable bonds is 4. The van der Waals surface area contributed by atoms with Gasteiger partial charge in [0.15, 0.2) is 5.65 Å². The van der Waals surface area contributed by atoms with Crippen LogP contribution >= 0.6 is 11.9 Å². The Labute approximate surface area is 161 Å². The summed E-state index contributed by atoms with van der Waals surface area (Å²) in [6, 6.07) is 19.3. The first kappa shape index (κ1) is 17.3. The van der Waals surface area contributed by atoms with Crippen molar-refractivity contribution < 1.29 is 0 Å². The Bertz CT molecular complexity index is 1170. The Hall–Kier alpha value is -3.12. The summed E-state index contributed by atoms with van der Waals surface area (Å²) in [6.07, 6.45) is 2.00. The lowest BCUT2D eigenvalue weighted by molar-refractivity contribution is 1.19. The number of anilines is 1. The number of aromatic nitrogens is 3. The van der Waals surface area contributed by atoms with Crippen molar-refractivity contribution in [2.45, 2.75) is 6.92 Å². The molecule has 27 heavy (non-hydrogen) atoms. The number of benzene rings is 2. The monoisotopic (exact) mass is 374 g/mol. The summed E-state index contributed by atoms with van der Waals surface area (Å²) in [5.74, 6) is 0. The Balaban J connectivity index is 1.97. The summed E-state index contributed by atoms with van der Waals surface area (Å²) in [5.41, 5.74) is 6.64. The van der Waals surface area contributed by atoms with Gasteiger partial charge in [-0.3, -0.25) is 4.79 Å². The largest absolute Gasteiger partial charge is 0.330 e. The van der Waals surface area contributed by atoms with Gasteiger partial charge in [-0.1, -0.05) is 48.3 Å². The van der Waals surface area contributed by atoms with E-state index in [0.717, 1.165) is 33.8 Å². The minimum atomic E-state index is -0.188. The van der Waals surface area contributed by atoms with Crippen molar-refractivity contribution >= 4 is 28.8 Å². The lowest BCUT2D eigenvalue weighted by atomic mass is 10.0. The van der Waals surface area contributed by atoms with E-state index in [0.29, 0.717) is 11.2 Å². The van der Waals surface area contributed by atoms with E-state index in [4.69, 9.17) is 9.97 Å². The summed E-state index contributed by atoms with van der Waals surface area (Å²) in [4.78, 5) is 24.0. The molecule has 2 aromatic carbocycles. The summed E-state index contributed by atoms with van der Waals surface area (Å²) < 4.78 is 3.28. The van der Waals surface area contributed by atoms with Crippen molar-refractivity contribution in [2.24, 2.45) is 0 Å². The minimum Gasteiger partial charge on any atom is -0.330 e. The average Bonchev–Trinajstić information content (AvgIpc) is 2.69. The highest BCUT2D eigenvalue weighted by Crippen LogP contribution is 2.32. The molecule has 0 saturated carbocycles. The van der Waals surface area contributed by atoms with Crippen LogP contribution < -0.4 is 10.3 Å². The first-order valence-electron chi connectivity index (χ1n) is 8.52. The molecule has 134 valence electrons. The first-order valence-corrected chi connectivity index (χ1v) is 9.75. The third kappa shape index (κ3) is 3.44. The molecule has 0 atom stereocenters. The van der Waals surface area contributed by atoms with Crippen molar-refractivity contribution in [1.82, 2.24) is 15.0 Å². The number of aryl methyl sites for hydroxylation is 1. The van der Waals surface area contributed by atoms with Crippen molar-refractivity contribution in [3.8, 4) is 22.5 Å². The van der Waals surface area contributed by atoms with Gasteiger partial charge in [0.2, 0.25) is 5.56 Å². The molecule has 0 spiro atoms. The topological polar surface area (TPSA) is 70.7 Å². The first-order chi connectivity index (χ1) is 13.2. The minimum absolute atomic E-state index is 0.188. The van der Waals surface area contributed by atoms with Crippen LogP contribution in [-0.4, -0.2) is 21.2 Å². The molecular weight excluding hydrogens is 356 g/mol. The average molecular weight is 374 g/mol. The summed E-state index contributed by atoms with van der Waals surface area (Å²) in [6.45, 7) is 2.07. The van der Waals surface area contributed by atoms with Crippen LogP contribution in [0.25, 0.3) is 33.7 Å². The van der Waals surface area contributed by atoms with E-state index in [1.807, 2.05) is 42.7 Å². The quantitative estimate of drug-likeness (QED) is 0.509. The maximum absolute atomic E-state index is 11.7. The summed E-state index contributed by atoms with van der Waals surface area (Å²) >= 11 is 1.56. The van der Waals surface area contributed by atoms with Gasteiger partial charge in [0.25, 0.3) is 0 Å². The second kappa shape index (κ2) is 7.25. The Morgan fingerprint density at radius 3 is 2.44 bits per heavy atom. The molecule has 0 aliphatic heterocycles. The Morgan fingerprint density at radius 2 is 1.70 bits per heavy atom. The van der Waals surface area contributed by atoms with E-state index in [9.17, 15) is 4.79 Å². The third-order valence-corrected chi connectivity index (χ3v) is 4.74. The zero-order chi connectivity index (χ0) is 18.8. The van der Waals surface area contributed by atoms with Gasteiger partial charge < -0.3 is 9.71 Å². The third-order valence-electron chi connectivity index (χ3n) is 4.32. The number of nitrogens with zero attached hydrogens (tertiary/aromatic N) is 2. The van der Waals surface area contributed by atoms with Crippen molar-refractivity contribution in [2.75, 3.05) is 11.0 Å². The zero-order valence-corrected chi connectivity index (χ0v) is 15.8. The predicted molar refractivity (Wildman–Crippen MR) is 113 cm³/mol. The normalized spacial score (nSPS) is 10.9. The number of H-pyrrole nitrogens is 1. The Morgan fingerprint density at radius 1 is 0.926 bits per heavy atom. The van der Waals surface area contributed by atoms with Crippen LogP contribution in [-0.2, 0) is 0 Å². The second-order valence-electron chi connectivity index (χ2n) is 6.18. The van der Waals surface area contributed by atoms with Crippen LogP contribution in [0, 0.1) is 6.92 Å². The molecule has 4 rings (SSSR count). The molecule has 4 aromatic rings. The summed E-state index contributed by atoms with van der Waals surface area (Å²) in [5, 5.41) is 0. The summed E-state index contributed by atoms with van der Waals surface area (Å²) in [7, 11) is 0. The van der Waals surface area contributed by atoms with E-state index >= 15 is 0 Å². The highest BCUT2D eigenvalue weighted by Gasteiger charge is 2.14. The predicted octanol–water partition coefficient (Wildman–Crippen LogP) is 4.65. The van der Waals surface area contributed by atoms with E-state index in [-0.39, 0.29) is 5.56 Å². The van der Waals surface area contributed by atoms with Crippen LogP contribution in [0.3, 0.4) is 0 Å². The maximum Gasteiger partial charge on any atom is 0.249 e. The second-order valence-corrected chi connectivity index (χ2v) is 6.79. The van der Waals surface area contributed by atoms with Gasteiger partial charge in [-0.2, -0.15) is 0 Å². The van der Waals surface area contributed by atoms with Crippen molar-refractivity contribution in [3.05, 3.63) is 76.6 Å². The lowest BCUT2D eigenvalue weighted by Crippen LogP contribution is -2.06. The molecule has 0 fully saturated rings. The molecule has 6 heteroatoms. The van der Waals surface area contributed by atoms with Gasteiger partial charge >= 0.3 is 0 Å². The molecular formula is C21H18N4OS. The number of fused-ring (bicyclic) bond motifs is 1. The van der Waals surface area contributed by atoms with Gasteiger partial charge in [-0.15, -0.1) is 0 Å². The standard InChI is InChI=1S/C21H18N4OS/c1-13-12-15(8-9-16(13)25-27-2)20-19(14-6-4-3-5-7-14)24-21-17(22-20)10-11-18(26)23-21/h3-12,25H,1-2H3,(H,23,24,26). The molecule has 2 heterocycles. The number of nitrogens with one attached hydrogen (secondary N) is 2. The fourth-order valence-corrected chi connectivity index (χ4v) is 3.45. The van der Waals surface area contributed by atoms with Crippen LogP contribution in [0.4, 0.5) is 5.69 Å². The maximum atomic E-state index is 11.7. The van der Waals surface area contributed by atoms with Crippen LogP contribution in [0.1, 0.15) is 5.56 Å². The molecule has 5 nitrogen and oxygen atoms in total. The number of aromatic amines is 1. The fraction of sp³-hybridized carbons (Fsp3) is 0.0952. The highest BCUT2D eigenvalue weighted by atomic mass is 32.2. The molecule has 2 N–H and O–H groups in total. The van der Waals surface area contributed by atoms with E-state index in [2.05, 4.69) is 28.8 Å². The van der Waals surface area contributed by atoms with Crippen LogP contribution in [0.15, 0.2) is 65.5 Å². The fourth-order valence-electron chi connectivity index (χ4n) is 3.00. The highest BCUT2D eigenvalue weighted by molar-refractivity contribution is 7.99. The SMILES string of the molecule is CSNc1ccc(-c2nc3ccc(=O)[nH]c3nc2-c2ccccc2)cc1C. The molecule has 0 radical (unpaired) electrons. The lowest BCUT2D eigenvalue weighted by Gasteiger charge is -2.13. The van der Waals surface area contributed by atoms with E-state index in [1.54, 1.807) is 18.0 Å². The molecule has 0 amide bonds. The van der Waals surface area contributed by atoms with Gasteiger partial charge in [0.05, 0.1) is 11.4 Å². The number of pyridine rings is 1. The van der Waals surface area contributed by atoms with Gasteiger partial charge in [0.1, 0.15) is 5.52 Å². The number of hydrogen-bond acceptors (Lipinski definition) is 5. The van der Waals surface area contributed by atoms with Crippen LogP contribution in [0.5, 0.6) is 0 Å². The van der Waals surface area contributed by atoms with Gasteiger partial charge in [0, 0.05) is 29.1 Å². The van der Waals surface area contributed by atoms with E-state index in [1.165, 1.54) is 6.07 Å². The smallest absolute Gasteiger partial charge is 0.249 e. The zero-order valence-electron chi connectivity index (χ0n) is 15.0. The molecule has 0 aliphatic carbocycles. The van der Waals surface area contributed by atoms with Crippen molar-refractivity contribution in [1.29, 1.82) is 0 Å². The molecule has 0 saturated heterocycles. The number of hydrogen-bond donors (Lipinski definition) is 2. The Kier molecular flexibility index (Phi) is 4.64. The van der Waals surface area contributed by atoms with Gasteiger partial charge in [-0.05, 0) is 30.7 Å². The van der Waals surface area contributed by atoms with E-state index < -0.39 is 0 Å². The molecule has 2 aromatic heterocycles. The molecule has 0 unspecified atom stereocenters. The molecule has 0 aliphatic rings. The van der Waals surface area contributed by atoms with Crippen LogP contribution in [0.2, 0.25) is 0 Å². The molecule has 0 bridgehead atoms. The van der Waals surface area contributed by atoms with Gasteiger partial charge in [-0.25, -0.2) is 9.97 Å². The van der Waals surface area contributed by atoms with Crippen molar-refractivity contribution in [3.63, 3.8) is 0 Å².